The molecule has 6 nitrogen and oxygen atoms in total. The summed E-state index contributed by atoms with van der Waals surface area (Å²) in [7, 11) is 7.02. The van der Waals surface area contributed by atoms with Crippen LogP contribution in [0.1, 0.15) is 43.4 Å². The molecule has 1 atom stereocenters. The van der Waals surface area contributed by atoms with Gasteiger partial charge in [0.1, 0.15) is 5.75 Å². The number of ether oxygens (including phenoxy) is 4. The van der Waals surface area contributed by atoms with Crippen molar-refractivity contribution in [3.8, 4) is 17.2 Å². The van der Waals surface area contributed by atoms with E-state index in [0.29, 0.717) is 24.5 Å². The van der Waals surface area contributed by atoms with Crippen molar-refractivity contribution in [2.45, 2.75) is 45.4 Å². The summed E-state index contributed by atoms with van der Waals surface area (Å²) < 4.78 is 21.7. The number of esters is 1. The van der Waals surface area contributed by atoms with Crippen molar-refractivity contribution in [2.24, 2.45) is 0 Å². The van der Waals surface area contributed by atoms with Crippen LogP contribution in [0.3, 0.4) is 0 Å². The van der Waals surface area contributed by atoms with Crippen LogP contribution >= 0.6 is 0 Å². The minimum Gasteiger partial charge on any atom is -0.496 e. The number of carbonyl (C=O) groups excluding carboxylic acids is 1. The molecule has 0 saturated carbocycles. The van der Waals surface area contributed by atoms with E-state index in [9.17, 15) is 4.79 Å². The van der Waals surface area contributed by atoms with Crippen molar-refractivity contribution in [1.29, 1.82) is 0 Å². The molecule has 33 heavy (non-hydrogen) atoms. The SMILES string of the molecule is CCOC(=O)C(C)(CCCN(C)CCc1ccc(C)c(OC)c1)c1ccc(OC)c(OC)c1. The Bertz CT molecular complexity index is 913. The second-order valence-corrected chi connectivity index (χ2v) is 8.58. The Hall–Kier alpha value is -2.73. The maximum Gasteiger partial charge on any atom is 0.316 e. The van der Waals surface area contributed by atoms with Gasteiger partial charge in [-0.15, -0.1) is 0 Å². The number of benzene rings is 2. The number of hydrogen-bond donors (Lipinski definition) is 0. The third-order valence-corrected chi connectivity index (χ3v) is 6.22. The first-order valence-corrected chi connectivity index (χ1v) is 11.5. The lowest BCUT2D eigenvalue weighted by atomic mass is 9.78. The van der Waals surface area contributed by atoms with Crippen molar-refractivity contribution < 1.29 is 23.7 Å². The first kappa shape index (κ1) is 26.5. The maximum atomic E-state index is 13.0. The minimum atomic E-state index is -0.763. The normalized spacial score (nSPS) is 12.8. The minimum absolute atomic E-state index is 0.216. The standard InChI is InChI=1S/C27H39NO5/c1-8-33-26(29)27(3,22-12-13-23(30-5)25(19-22)32-7)15-9-16-28(4)17-14-21-11-10-20(2)24(18-21)31-6/h10-13,18-19H,8-9,14-17H2,1-7H3. The van der Waals surface area contributed by atoms with Gasteiger partial charge in [-0.3, -0.25) is 4.79 Å². The summed E-state index contributed by atoms with van der Waals surface area (Å²) in [4.78, 5) is 15.3. The highest BCUT2D eigenvalue weighted by Crippen LogP contribution is 2.37. The number of nitrogens with zero attached hydrogens (tertiary/aromatic N) is 1. The third kappa shape index (κ3) is 6.87. The monoisotopic (exact) mass is 457 g/mol. The smallest absolute Gasteiger partial charge is 0.316 e. The number of likely N-dealkylation sites (N-methyl/N-ethyl adjacent to an activating group) is 1. The Morgan fingerprint density at radius 2 is 1.64 bits per heavy atom. The van der Waals surface area contributed by atoms with Gasteiger partial charge in [0.15, 0.2) is 11.5 Å². The number of carbonyl (C=O) groups is 1. The molecule has 2 aromatic rings. The van der Waals surface area contributed by atoms with E-state index in [2.05, 4.69) is 30.1 Å². The van der Waals surface area contributed by atoms with Crippen LogP contribution in [-0.4, -0.2) is 58.9 Å². The van der Waals surface area contributed by atoms with Gasteiger partial charge < -0.3 is 23.8 Å². The summed E-state index contributed by atoms with van der Waals surface area (Å²) in [6.45, 7) is 7.99. The third-order valence-electron chi connectivity index (χ3n) is 6.22. The maximum absolute atomic E-state index is 13.0. The van der Waals surface area contributed by atoms with E-state index in [-0.39, 0.29) is 5.97 Å². The van der Waals surface area contributed by atoms with Crippen LogP contribution in [0.2, 0.25) is 0 Å². The van der Waals surface area contributed by atoms with E-state index in [0.717, 1.165) is 42.8 Å². The number of aryl methyl sites for hydroxylation is 1. The largest absolute Gasteiger partial charge is 0.496 e. The van der Waals surface area contributed by atoms with Gasteiger partial charge in [-0.1, -0.05) is 18.2 Å². The average Bonchev–Trinajstić information content (AvgIpc) is 2.82. The van der Waals surface area contributed by atoms with E-state index in [1.807, 2.05) is 39.0 Å². The summed E-state index contributed by atoms with van der Waals surface area (Å²) in [5.41, 5.74) is 2.50. The molecule has 0 aromatic heterocycles. The van der Waals surface area contributed by atoms with Crippen LogP contribution in [-0.2, 0) is 21.4 Å². The summed E-state index contributed by atoms with van der Waals surface area (Å²) in [5.74, 6) is 1.96. The number of rotatable bonds is 13. The second-order valence-electron chi connectivity index (χ2n) is 8.58. The summed E-state index contributed by atoms with van der Waals surface area (Å²) >= 11 is 0. The predicted octanol–water partition coefficient (Wildman–Crippen LogP) is 4.80. The highest BCUT2D eigenvalue weighted by Gasteiger charge is 2.37. The quantitative estimate of drug-likeness (QED) is 0.403. The molecule has 6 heteroatoms. The van der Waals surface area contributed by atoms with Crippen LogP contribution in [0.25, 0.3) is 0 Å². The van der Waals surface area contributed by atoms with Gasteiger partial charge in [-0.05, 0) is 88.5 Å². The van der Waals surface area contributed by atoms with E-state index in [1.54, 1.807) is 21.3 Å². The fourth-order valence-corrected chi connectivity index (χ4v) is 3.99. The van der Waals surface area contributed by atoms with Gasteiger partial charge in [0, 0.05) is 6.54 Å². The lowest BCUT2D eigenvalue weighted by Crippen LogP contribution is -2.35. The van der Waals surface area contributed by atoms with Crippen molar-refractivity contribution in [3.05, 3.63) is 53.1 Å². The van der Waals surface area contributed by atoms with E-state index in [4.69, 9.17) is 18.9 Å². The zero-order chi connectivity index (χ0) is 24.4. The Labute approximate surface area is 198 Å². The Morgan fingerprint density at radius 3 is 2.27 bits per heavy atom. The topological polar surface area (TPSA) is 57.2 Å². The molecular formula is C27H39NO5. The van der Waals surface area contributed by atoms with Crippen LogP contribution in [0.4, 0.5) is 0 Å². The summed E-state index contributed by atoms with van der Waals surface area (Å²) in [5, 5.41) is 0. The molecular weight excluding hydrogens is 418 g/mol. The molecule has 0 radical (unpaired) electrons. The molecule has 1 unspecified atom stereocenters. The van der Waals surface area contributed by atoms with E-state index in [1.165, 1.54) is 5.56 Å². The fourth-order valence-electron chi connectivity index (χ4n) is 3.99. The van der Waals surface area contributed by atoms with Gasteiger partial charge in [0.25, 0.3) is 0 Å². The Kier molecular flexibility index (Phi) is 10.0. The summed E-state index contributed by atoms with van der Waals surface area (Å²) in [6, 6.07) is 12.0. The van der Waals surface area contributed by atoms with Gasteiger partial charge >= 0.3 is 5.97 Å². The fraction of sp³-hybridized carbons (Fsp3) is 0.519. The molecule has 0 aliphatic carbocycles. The zero-order valence-electron chi connectivity index (χ0n) is 21.2. The van der Waals surface area contributed by atoms with Crippen molar-refractivity contribution in [3.63, 3.8) is 0 Å². The van der Waals surface area contributed by atoms with Gasteiger partial charge in [0.2, 0.25) is 0 Å². The molecule has 0 bridgehead atoms. The Balaban J connectivity index is 2.03. The Morgan fingerprint density at radius 1 is 0.939 bits per heavy atom. The van der Waals surface area contributed by atoms with Gasteiger partial charge in [-0.2, -0.15) is 0 Å². The first-order valence-electron chi connectivity index (χ1n) is 11.5. The lowest BCUT2D eigenvalue weighted by molar-refractivity contribution is -0.149. The van der Waals surface area contributed by atoms with Crippen molar-refractivity contribution in [1.82, 2.24) is 4.90 Å². The van der Waals surface area contributed by atoms with Gasteiger partial charge in [-0.25, -0.2) is 0 Å². The zero-order valence-corrected chi connectivity index (χ0v) is 21.2. The molecule has 0 aliphatic heterocycles. The number of methoxy groups -OCH3 is 3. The van der Waals surface area contributed by atoms with Crippen molar-refractivity contribution >= 4 is 5.97 Å². The molecule has 0 heterocycles. The first-order chi connectivity index (χ1) is 15.8. The van der Waals surface area contributed by atoms with Crippen LogP contribution in [0, 0.1) is 6.92 Å². The number of hydrogen-bond acceptors (Lipinski definition) is 6. The molecule has 2 rings (SSSR count). The summed E-state index contributed by atoms with van der Waals surface area (Å²) in [6.07, 6.45) is 2.47. The van der Waals surface area contributed by atoms with Gasteiger partial charge in [0.05, 0.1) is 33.4 Å². The highest BCUT2D eigenvalue weighted by atomic mass is 16.5. The second kappa shape index (κ2) is 12.5. The predicted molar refractivity (Wildman–Crippen MR) is 132 cm³/mol. The van der Waals surface area contributed by atoms with Crippen molar-refractivity contribution in [2.75, 3.05) is 48.1 Å². The molecule has 0 amide bonds. The van der Waals surface area contributed by atoms with Crippen LogP contribution in [0.5, 0.6) is 17.2 Å². The van der Waals surface area contributed by atoms with E-state index < -0.39 is 5.41 Å². The molecule has 0 aliphatic rings. The van der Waals surface area contributed by atoms with E-state index >= 15 is 0 Å². The lowest BCUT2D eigenvalue weighted by Gasteiger charge is -2.29. The molecule has 0 saturated heterocycles. The molecule has 0 spiro atoms. The molecule has 2 aromatic carbocycles. The van der Waals surface area contributed by atoms with Crippen LogP contribution < -0.4 is 14.2 Å². The molecule has 182 valence electrons. The van der Waals surface area contributed by atoms with Crippen LogP contribution in [0.15, 0.2) is 36.4 Å². The molecule has 0 fully saturated rings. The molecule has 0 N–H and O–H groups in total. The average molecular weight is 458 g/mol. The highest BCUT2D eigenvalue weighted by molar-refractivity contribution is 5.83.